The van der Waals surface area contributed by atoms with Crippen LogP contribution in [0.1, 0.15) is 31.2 Å². The van der Waals surface area contributed by atoms with E-state index in [4.69, 9.17) is 31.8 Å². The highest BCUT2D eigenvalue weighted by molar-refractivity contribution is 7.23. The molecule has 8 nitrogen and oxygen atoms in total. The van der Waals surface area contributed by atoms with Gasteiger partial charge in [-0.3, -0.25) is 4.90 Å². The van der Waals surface area contributed by atoms with Crippen molar-refractivity contribution >= 4 is 54.7 Å². The van der Waals surface area contributed by atoms with E-state index in [0.29, 0.717) is 37.3 Å². The van der Waals surface area contributed by atoms with E-state index in [1.54, 1.807) is 0 Å². The number of hydrogen-bond acceptors (Lipinski definition) is 9. The minimum absolute atomic E-state index is 0.0105. The Labute approximate surface area is 247 Å². The van der Waals surface area contributed by atoms with Gasteiger partial charge in [-0.2, -0.15) is 15.2 Å². The molecule has 0 saturated carbocycles. The summed E-state index contributed by atoms with van der Waals surface area (Å²) in [6.07, 6.45) is 2.07. The number of nitrogens with zero attached hydrogens (tertiary/aromatic N) is 5. The summed E-state index contributed by atoms with van der Waals surface area (Å²) in [7, 11) is 0. The Morgan fingerprint density at radius 2 is 2.12 bits per heavy atom. The molecule has 2 N–H and O–H groups in total. The third-order valence-corrected chi connectivity index (χ3v) is 10.6. The van der Waals surface area contributed by atoms with Gasteiger partial charge in [0.2, 0.25) is 0 Å². The van der Waals surface area contributed by atoms with Gasteiger partial charge in [-0.25, -0.2) is 13.2 Å². The van der Waals surface area contributed by atoms with E-state index in [1.807, 2.05) is 11.0 Å². The number of rotatable bonds is 4. The summed E-state index contributed by atoms with van der Waals surface area (Å²) in [5.74, 6) is -0.675. The Morgan fingerprint density at radius 1 is 1.26 bits per heavy atom. The van der Waals surface area contributed by atoms with Gasteiger partial charge < -0.3 is 20.1 Å². The van der Waals surface area contributed by atoms with Crippen molar-refractivity contribution in [1.29, 1.82) is 5.26 Å². The Bertz CT molecular complexity index is 1860. The molecule has 0 aliphatic carbocycles. The highest BCUT2D eigenvalue weighted by Gasteiger charge is 2.49. The smallest absolute Gasteiger partial charge is 0.319 e. The zero-order chi connectivity index (χ0) is 28.9. The van der Waals surface area contributed by atoms with Crippen molar-refractivity contribution in [2.45, 2.75) is 43.4 Å². The first kappa shape index (κ1) is 26.1. The average Bonchev–Trinajstić information content (AvgIpc) is 3.57. The average molecular weight is 613 g/mol. The maximum atomic E-state index is 16.8. The topological polar surface area (TPSA) is 101 Å². The van der Waals surface area contributed by atoms with Crippen LogP contribution < -0.4 is 20.1 Å². The molecular formula is C29H24ClF3N6O2S. The Balaban J connectivity index is 1.33. The van der Waals surface area contributed by atoms with Gasteiger partial charge in [-0.05, 0) is 37.4 Å². The molecule has 4 aliphatic rings. The normalized spacial score (nSPS) is 24.7. The summed E-state index contributed by atoms with van der Waals surface area (Å²) in [4.78, 5) is 13.4. The Kier molecular flexibility index (Phi) is 5.74. The molecule has 2 aromatic carbocycles. The number of ether oxygens (including phenoxy) is 2. The van der Waals surface area contributed by atoms with Crippen LogP contribution in [0, 0.1) is 23.0 Å². The summed E-state index contributed by atoms with van der Waals surface area (Å²) < 4.78 is 58.5. The first-order valence-electron chi connectivity index (χ1n) is 13.8. The second-order valence-corrected chi connectivity index (χ2v) is 12.9. The van der Waals surface area contributed by atoms with E-state index in [9.17, 15) is 14.0 Å². The number of halogens is 4. The standard InChI is InChI=1S/C29H24ClF3N6O2S/c30-21-19(15-2-3-17(32)25-18(15)16(9-34)26(35)42-25)22(33)23-20-24(21)40-11-14-4-7-39(14)27(20)37-28(36-23)41-12-29-5-1-6-38(29)10-13(31)8-29/h2-3,13-14H,1,4-8,10-12,35H2/t13-,14-,29+/m1/s1. The molecular weight excluding hydrogens is 589 g/mol. The van der Waals surface area contributed by atoms with Gasteiger partial charge in [0, 0.05) is 30.5 Å². The summed E-state index contributed by atoms with van der Waals surface area (Å²) in [6, 6.07) is 4.60. The predicted octanol–water partition coefficient (Wildman–Crippen LogP) is 5.82. The molecule has 42 heavy (non-hydrogen) atoms. The summed E-state index contributed by atoms with van der Waals surface area (Å²) >= 11 is 7.83. The third kappa shape index (κ3) is 3.56. The van der Waals surface area contributed by atoms with Gasteiger partial charge in [0.25, 0.3) is 0 Å². The molecule has 0 radical (unpaired) electrons. The second-order valence-electron chi connectivity index (χ2n) is 11.4. The lowest BCUT2D eigenvalue weighted by atomic mass is 9.95. The number of fused-ring (bicyclic) bond motifs is 4. The maximum absolute atomic E-state index is 16.8. The van der Waals surface area contributed by atoms with Crippen LogP contribution in [0.5, 0.6) is 11.8 Å². The minimum atomic E-state index is -0.920. The number of nitriles is 1. The molecule has 0 spiro atoms. The lowest BCUT2D eigenvalue weighted by Crippen LogP contribution is -2.50. The van der Waals surface area contributed by atoms with Crippen molar-refractivity contribution < 1.29 is 22.6 Å². The van der Waals surface area contributed by atoms with Crippen LogP contribution in [0.2, 0.25) is 5.02 Å². The molecule has 8 rings (SSSR count). The van der Waals surface area contributed by atoms with Crippen molar-refractivity contribution in [2.75, 3.05) is 43.5 Å². The number of alkyl halides is 1. The quantitative estimate of drug-likeness (QED) is 0.308. The third-order valence-electron chi connectivity index (χ3n) is 9.21. The number of aromatic nitrogens is 2. The fraction of sp³-hybridized carbons (Fsp3) is 0.414. The molecule has 6 heterocycles. The molecule has 3 atom stereocenters. The first-order valence-corrected chi connectivity index (χ1v) is 15.0. The van der Waals surface area contributed by atoms with Gasteiger partial charge in [0.1, 0.15) is 47.6 Å². The molecule has 4 aromatic rings. The van der Waals surface area contributed by atoms with Crippen molar-refractivity contribution in [1.82, 2.24) is 14.9 Å². The lowest BCUT2D eigenvalue weighted by Gasteiger charge is -2.40. The van der Waals surface area contributed by atoms with E-state index in [2.05, 4.69) is 9.88 Å². The zero-order valence-electron chi connectivity index (χ0n) is 22.2. The summed E-state index contributed by atoms with van der Waals surface area (Å²) in [5.41, 5.74) is 5.73. The monoisotopic (exact) mass is 612 g/mol. The van der Waals surface area contributed by atoms with Gasteiger partial charge in [0.15, 0.2) is 11.6 Å². The van der Waals surface area contributed by atoms with Crippen LogP contribution in [0.25, 0.3) is 32.1 Å². The van der Waals surface area contributed by atoms with Crippen molar-refractivity contribution in [3.63, 3.8) is 0 Å². The molecule has 2 aromatic heterocycles. The van der Waals surface area contributed by atoms with E-state index >= 15 is 4.39 Å². The summed E-state index contributed by atoms with van der Waals surface area (Å²) in [6.45, 7) is 2.37. The molecule has 0 unspecified atom stereocenters. The second kappa shape index (κ2) is 9.23. The summed E-state index contributed by atoms with van der Waals surface area (Å²) in [5, 5.41) is 10.4. The highest BCUT2D eigenvalue weighted by Crippen LogP contribution is 2.52. The lowest BCUT2D eigenvalue weighted by molar-refractivity contribution is 0.107. The number of thiophene rings is 1. The van der Waals surface area contributed by atoms with Crippen molar-refractivity contribution in [3.8, 4) is 29.0 Å². The van der Waals surface area contributed by atoms with E-state index in [1.165, 1.54) is 12.1 Å². The van der Waals surface area contributed by atoms with Crippen LogP contribution in [0.4, 0.5) is 24.0 Å². The molecule has 0 bridgehead atoms. The fourth-order valence-electron chi connectivity index (χ4n) is 7.11. The molecule has 0 amide bonds. The van der Waals surface area contributed by atoms with Crippen LogP contribution in [0.3, 0.4) is 0 Å². The Morgan fingerprint density at radius 3 is 2.90 bits per heavy atom. The number of hydrogen-bond donors (Lipinski definition) is 1. The predicted molar refractivity (Wildman–Crippen MR) is 154 cm³/mol. The number of nitrogen functional groups attached to an aromatic ring is 1. The molecule has 13 heteroatoms. The highest BCUT2D eigenvalue weighted by atomic mass is 35.5. The SMILES string of the molecule is N#Cc1c(N)sc2c(F)ccc(-c3c(Cl)c4c5c(nc(OC[C@@]67CCCN6C[C@H](F)C7)nc5c3F)N3CC[C@@H]3CO4)c12. The van der Waals surface area contributed by atoms with Crippen LogP contribution in [-0.4, -0.2) is 65.5 Å². The molecule has 216 valence electrons. The van der Waals surface area contributed by atoms with E-state index < -0.39 is 23.3 Å². The number of benzene rings is 2. The van der Waals surface area contributed by atoms with Crippen LogP contribution >= 0.6 is 22.9 Å². The van der Waals surface area contributed by atoms with Gasteiger partial charge >= 0.3 is 6.01 Å². The fourth-order valence-corrected chi connectivity index (χ4v) is 8.39. The zero-order valence-corrected chi connectivity index (χ0v) is 23.8. The number of anilines is 2. The molecule has 3 saturated heterocycles. The van der Waals surface area contributed by atoms with E-state index in [0.717, 1.165) is 37.1 Å². The maximum Gasteiger partial charge on any atom is 0.319 e. The van der Waals surface area contributed by atoms with E-state index in [-0.39, 0.29) is 66.7 Å². The first-order chi connectivity index (χ1) is 20.3. The van der Waals surface area contributed by atoms with Crippen LogP contribution in [0.15, 0.2) is 12.1 Å². The van der Waals surface area contributed by atoms with Crippen LogP contribution in [-0.2, 0) is 0 Å². The number of nitrogens with two attached hydrogens (primary N) is 1. The molecule has 4 aliphatic heterocycles. The van der Waals surface area contributed by atoms with Gasteiger partial charge in [0.05, 0.1) is 32.3 Å². The van der Waals surface area contributed by atoms with Crippen molar-refractivity contribution in [2.24, 2.45) is 0 Å². The minimum Gasteiger partial charge on any atom is -0.489 e. The van der Waals surface area contributed by atoms with Gasteiger partial charge in [-0.15, -0.1) is 11.3 Å². The van der Waals surface area contributed by atoms with Crippen molar-refractivity contribution in [3.05, 3.63) is 34.4 Å². The molecule has 3 fully saturated rings. The largest absolute Gasteiger partial charge is 0.489 e. The van der Waals surface area contributed by atoms with Gasteiger partial charge in [-0.1, -0.05) is 17.7 Å². The Hall–Kier alpha value is -3.53.